The van der Waals surface area contributed by atoms with Crippen LogP contribution in [-0.2, 0) is 16.1 Å². The smallest absolute Gasteiger partial charge is 0.228 e. The van der Waals surface area contributed by atoms with Gasteiger partial charge in [0.1, 0.15) is 0 Å². The normalized spacial score (nSPS) is 17.9. The molecule has 28 heavy (non-hydrogen) atoms. The Morgan fingerprint density at radius 3 is 2.61 bits per heavy atom. The van der Waals surface area contributed by atoms with Gasteiger partial charge in [-0.05, 0) is 31.0 Å². The van der Waals surface area contributed by atoms with E-state index in [1.165, 1.54) is 0 Å². The summed E-state index contributed by atoms with van der Waals surface area (Å²) in [6.07, 6.45) is 2.32. The van der Waals surface area contributed by atoms with Gasteiger partial charge in [0.05, 0.1) is 23.0 Å². The standard InChI is InChI=1S/C23H23N3O2/c1-2-26(15-16-8-4-3-5-9-16)23(28)19-14-18(19)22(27)25-20-12-6-10-17-11-7-13-24-21(17)20/h3-13,18-19H,2,14-15H2,1H3,(H,25,27). The van der Waals surface area contributed by atoms with Crippen LogP contribution in [0.25, 0.3) is 10.9 Å². The van der Waals surface area contributed by atoms with Crippen LogP contribution in [0, 0.1) is 11.8 Å². The first kappa shape index (κ1) is 18.2. The number of anilines is 1. The average Bonchev–Trinajstić information content (AvgIpc) is 3.54. The number of hydrogen-bond donors (Lipinski definition) is 1. The Hall–Kier alpha value is -3.21. The quantitative estimate of drug-likeness (QED) is 0.714. The lowest BCUT2D eigenvalue weighted by atomic mass is 10.1. The number of carbonyl (C=O) groups is 2. The molecular formula is C23H23N3O2. The average molecular weight is 373 g/mol. The summed E-state index contributed by atoms with van der Waals surface area (Å²) in [5.41, 5.74) is 2.56. The third kappa shape index (κ3) is 3.74. The highest BCUT2D eigenvalue weighted by Gasteiger charge is 2.49. The van der Waals surface area contributed by atoms with Gasteiger partial charge in [-0.1, -0.05) is 48.5 Å². The van der Waals surface area contributed by atoms with Gasteiger partial charge in [-0.3, -0.25) is 14.6 Å². The Bertz CT molecular complexity index is 998. The number of hydrogen-bond acceptors (Lipinski definition) is 3. The molecule has 1 N–H and O–H groups in total. The van der Waals surface area contributed by atoms with Gasteiger partial charge in [-0.15, -0.1) is 0 Å². The number of nitrogens with one attached hydrogen (secondary N) is 1. The van der Waals surface area contributed by atoms with E-state index in [4.69, 9.17) is 0 Å². The molecule has 2 unspecified atom stereocenters. The molecular weight excluding hydrogens is 350 g/mol. The van der Waals surface area contributed by atoms with Gasteiger partial charge < -0.3 is 10.2 Å². The number of fused-ring (bicyclic) bond motifs is 1. The molecule has 5 nitrogen and oxygen atoms in total. The fourth-order valence-electron chi connectivity index (χ4n) is 3.57. The highest BCUT2D eigenvalue weighted by atomic mass is 16.2. The molecule has 0 bridgehead atoms. The van der Waals surface area contributed by atoms with Crippen LogP contribution in [0.4, 0.5) is 5.69 Å². The van der Waals surface area contributed by atoms with Gasteiger partial charge in [0.2, 0.25) is 11.8 Å². The molecule has 4 rings (SSSR count). The number of aromatic nitrogens is 1. The molecule has 1 saturated carbocycles. The fourth-order valence-corrected chi connectivity index (χ4v) is 3.57. The van der Waals surface area contributed by atoms with Crippen molar-refractivity contribution in [1.29, 1.82) is 0 Å². The molecule has 3 aromatic rings. The lowest BCUT2D eigenvalue weighted by Crippen LogP contribution is -2.33. The van der Waals surface area contributed by atoms with Crippen LogP contribution in [0.15, 0.2) is 66.9 Å². The molecule has 0 radical (unpaired) electrons. The second-order valence-corrected chi connectivity index (χ2v) is 7.16. The summed E-state index contributed by atoms with van der Waals surface area (Å²) in [4.78, 5) is 31.7. The Balaban J connectivity index is 1.41. The predicted molar refractivity (Wildman–Crippen MR) is 110 cm³/mol. The van der Waals surface area contributed by atoms with Crippen LogP contribution < -0.4 is 5.32 Å². The van der Waals surface area contributed by atoms with Gasteiger partial charge >= 0.3 is 0 Å². The van der Waals surface area contributed by atoms with Crippen LogP contribution in [0.2, 0.25) is 0 Å². The van der Waals surface area contributed by atoms with Crippen molar-refractivity contribution in [2.45, 2.75) is 19.9 Å². The summed E-state index contributed by atoms with van der Waals surface area (Å²) in [6, 6.07) is 19.5. The van der Waals surface area contributed by atoms with Gasteiger partial charge in [0.15, 0.2) is 0 Å². The first-order chi connectivity index (χ1) is 13.7. The monoisotopic (exact) mass is 373 g/mol. The minimum Gasteiger partial charge on any atom is -0.338 e. The number of amides is 2. The topological polar surface area (TPSA) is 62.3 Å². The maximum absolute atomic E-state index is 12.9. The van der Waals surface area contributed by atoms with Crippen molar-refractivity contribution in [3.05, 3.63) is 72.4 Å². The Morgan fingerprint density at radius 1 is 1.04 bits per heavy atom. The van der Waals surface area contributed by atoms with Gasteiger partial charge in [-0.25, -0.2) is 0 Å². The van der Waals surface area contributed by atoms with Gasteiger partial charge in [0.25, 0.3) is 0 Å². The number of nitrogens with zero attached hydrogens (tertiary/aromatic N) is 2. The van der Waals surface area contributed by atoms with E-state index in [-0.39, 0.29) is 23.7 Å². The minimum atomic E-state index is -0.267. The lowest BCUT2D eigenvalue weighted by molar-refractivity contribution is -0.134. The van der Waals surface area contributed by atoms with Crippen LogP contribution in [0.5, 0.6) is 0 Å². The van der Waals surface area contributed by atoms with E-state index in [1.807, 2.05) is 72.5 Å². The summed E-state index contributed by atoms with van der Waals surface area (Å²) in [5, 5.41) is 3.94. The lowest BCUT2D eigenvalue weighted by Gasteiger charge is -2.21. The number of para-hydroxylation sites is 1. The van der Waals surface area contributed by atoms with Crippen molar-refractivity contribution in [1.82, 2.24) is 9.88 Å². The molecule has 2 atom stereocenters. The zero-order valence-electron chi connectivity index (χ0n) is 15.8. The van der Waals surface area contributed by atoms with E-state index in [9.17, 15) is 9.59 Å². The molecule has 5 heteroatoms. The zero-order valence-corrected chi connectivity index (χ0v) is 15.8. The highest BCUT2D eigenvalue weighted by Crippen LogP contribution is 2.41. The van der Waals surface area contributed by atoms with E-state index in [1.54, 1.807) is 6.20 Å². The van der Waals surface area contributed by atoms with Gasteiger partial charge in [-0.2, -0.15) is 0 Å². The molecule has 1 heterocycles. The number of rotatable bonds is 6. The second kappa shape index (κ2) is 7.80. The SMILES string of the molecule is CCN(Cc1ccccc1)C(=O)C1CC1C(=O)Nc1cccc2cccnc12. The number of carbonyl (C=O) groups excluding carboxylic acids is 2. The summed E-state index contributed by atoms with van der Waals surface area (Å²) in [5.74, 6) is -0.544. The third-order valence-electron chi connectivity index (χ3n) is 5.24. The molecule has 0 spiro atoms. The van der Waals surface area contributed by atoms with E-state index in [2.05, 4.69) is 10.3 Å². The molecule has 1 fully saturated rings. The van der Waals surface area contributed by atoms with Crippen molar-refractivity contribution in [2.24, 2.45) is 11.8 Å². The van der Waals surface area contributed by atoms with E-state index in [0.29, 0.717) is 25.2 Å². The summed E-state index contributed by atoms with van der Waals surface area (Å²) >= 11 is 0. The van der Waals surface area contributed by atoms with Crippen molar-refractivity contribution >= 4 is 28.4 Å². The first-order valence-corrected chi connectivity index (χ1v) is 9.64. The number of pyridine rings is 1. The summed E-state index contributed by atoms with van der Waals surface area (Å²) in [7, 11) is 0. The van der Waals surface area contributed by atoms with E-state index < -0.39 is 0 Å². The molecule has 142 valence electrons. The van der Waals surface area contributed by atoms with Crippen molar-refractivity contribution < 1.29 is 9.59 Å². The van der Waals surface area contributed by atoms with Crippen LogP contribution in [-0.4, -0.2) is 28.2 Å². The molecule has 1 aliphatic rings. The van der Waals surface area contributed by atoms with Gasteiger partial charge in [0, 0.05) is 24.7 Å². The molecule has 1 aliphatic carbocycles. The molecule has 0 aliphatic heterocycles. The Morgan fingerprint density at radius 2 is 1.82 bits per heavy atom. The second-order valence-electron chi connectivity index (χ2n) is 7.16. The van der Waals surface area contributed by atoms with E-state index >= 15 is 0 Å². The summed E-state index contributed by atoms with van der Waals surface area (Å²) < 4.78 is 0. The maximum Gasteiger partial charge on any atom is 0.228 e. The zero-order chi connectivity index (χ0) is 19.5. The molecule has 1 aromatic heterocycles. The molecule has 2 amide bonds. The van der Waals surface area contributed by atoms with Crippen molar-refractivity contribution in [3.63, 3.8) is 0 Å². The Kier molecular flexibility index (Phi) is 5.06. The van der Waals surface area contributed by atoms with Crippen LogP contribution >= 0.6 is 0 Å². The summed E-state index contributed by atoms with van der Waals surface area (Å²) in [6.45, 7) is 3.18. The van der Waals surface area contributed by atoms with Crippen LogP contribution in [0.3, 0.4) is 0 Å². The van der Waals surface area contributed by atoms with Crippen molar-refractivity contribution in [2.75, 3.05) is 11.9 Å². The first-order valence-electron chi connectivity index (χ1n) is 9.64. The highest BCUT2D eigenvalue weighted by molar-refractivity contribution is 6.04. The van der Waals surface area contributed by atoms with E-state index in [0.717, 1.165) is 16.5 Å². The number of benzene rings is 2. The minimum absolute atomic E-state index is 0.0579. The maximum atomic E-state index is 12.9. The third-order valence-corrected chi connectivity index (χ3v) is 5.24. The predicted octanol–water partition coefficient (Wildman–Crippen LogP) is 3.86. The molecule has 0 saturated heterocycles. The molecule has 2 aromatic carbocycles. The fraction of sp³-hybridized carbons (Fsp3) is 0.261. The van der Waals surface area contributed by atoms with Crippen LogP contribution in [0.1, 0.15) is 18.9 Å². The Labute approximate surface area is 164 Å². The largest absolute Gasteiger partial charge is 0.338 e. The van der Waals surface area contributed by atoms with Crippen molar-refractivity contribution in [3.8, 4) is 0 Å².